The number of benzene rings is 8. The molecule has 0 N–H and O–H groups in total. The van der Waals surface area contributed by atoms with Crippen LogP contribution in [0.4, 0.5) is 17.1 Å². The summed E-state index contributed by atoms with van der Waals surface area (Å²) in [6, 6.07) is 67.4. The summed E-state index contributed by atoms with van der Waals surface area (Å²) in [4.78, 5) is 2.36. The molecule has 8 aromatic carbocycles. The van der Waals surface area contributed by atoms with Gasteiger partial charge in [-0.1, -0.05) is 140 Å². The van der Waals surface area contributed by atoms with E-state index in [4.69, 9.17) is 4.42 Å². The monoisotopic (exact) mass is 669 g/mol. The molecule has 0 saturated heterocycles. The van der Waals surface area contributed by atoms with Gasteiger partial charge in [0.15, 0.2) is 5.58 Å². The van der Waals surface area contributed by atoms with Gasteiger partial charge in [0.25, 0.3) is 0 Å². The highest BCUT2D eigenvalue weighted by Crippen LogP contribution is 2.46. The van der Waals surface area contributed by atoms with Crippen LogP contribution in [0.5, 0.6) is 0 Å². The van der Waals surface area contributed by atoms with Crippen molar-refractivity contribution in [3.63, 3.8) is 0 Å². The molecule has 0 atom stereocenters. The highest BCUT2D eigenvalue weighted by Gasteiger charge is 2.21. The first kappa shape index (κ1) is 29.5. The standard InChI is InChI=1S/C48H31NOS/c1-3-13-32(14-4-1)34-25-27-37(28-26-34)49(44-22-12-20-42-40-17-7-9-23-45(40)50-47(42)44)38-30-35(33-15-5-2-6-16-33)29-36(31-38)39-19-11-21-43-41-18-8-10-24-46(41)51-48(39)43/h1-31H. The molecule has 2 nitrogen and oxygen atoms in total. The molecular weight excluding hydrogens is 639 g/mol. The van der Waals surface area contributed by atoms with E-state index in [1.54, 1.807) is 0 Å². The number of nitrogens with zero attached hydrogens (tertiary/aromatic N) is 1. The molecule has 0 aliphatic heterocycles. The molecule has 2 heterocycles. The predicted molar refractivity (Wildman–Crippen MR) is 218 cm³/mol. The number of fused-ring (bicyclic) bond motifs is 6. The molecule has 0 fully saturated rings. The van der Waals surface area contributed by atoms with Gasteiger partial charge in [-0.25, -0.2) is 0 Å². The van der Waals surface area contributed by atoms with E-state index in [1.165, 1.54) is 48.0 Å². The minimum Gasteiger partial charge on any atom is -0.454 e. The first-order chi connectivity index (χ1) is 25.3. The van der Waals surface area contributed by atoms with Crippen molar-refractivity contribution in [2.24, 2.45) is 0 Å². The lowest BCUT2D eigenvalue weighted by molar-refractivity contribution is 0.669. The van der Waals surface area contributed by atoms with E-state index in [0.29, 0.717) is 0 Å². The Kier molecular flexibility index (Phi) is 7.04. The fourth-order valence-corrected chi connectivity index (χ4v) is 8.68. The van der Waals surface area contributed by atoms with Crippen LogP contribution < -0.4 is 4.90 Å². The summed E-state index contributed by atoms with van der Waals surface area (Å²) in [6.07, 6.45) is 0. The first-order valence-corrected chi connectivity index (χ1v) is 18.1. The number of hydrogen-bond acceptors (Lipinski definition) is 3. The zero-order valence-corrected chi connectivity index (χ0v) is 28.5. The van der Waals surface area contributed by atoms with E-state index in [9.17, 15) is 0 Å². The zero-order chi connectivity index (χ0) is 33.7. The Morgan fingerprint density at radius 3 is 1.80 bits per heavy atom. The molecule has 0 aliphatic carbocycles. The Morgan fingerprint density at radius 1 is 0.392 bits per heavy atom. The fraction of sp³-hybridized carbons (Fsp3) is 0. The van der Waals surface area contributed by atoms with Gasteiger partial charge >= 0.3 is 0 Å². The van der Waals surface area contributed by atoms with Crippen molar-refractivity contribution in [3.8, 4) is 33.4 Å². The van der Waals surface area contributed by atoms with Gasteiger partial charge in [0.2, 0.25) is 0 Å². The van der Waals surface area contributed by atoms with E-state index in [-0.39, 0.29) is 0 Å². The van der Waals surface area contributed by atoms with Crippen LogP contribution in [0.3, 0.4) is 0 Å². The van der Waals surface area contributed by atoms with Crippen LogP contribution in [0.1, 0.15) is 0 Å². The van der Waals surface area contributed by atoms with Crippen molar-refractivity contribution >= 4 is 70.5 Å². The average Bonchev–Trinajstić information content (AvgIpc) is 3.78. The highest BCUT2D eigenvalue weighted by molar-refractivity contribution is 7.26. The lowest BCUT2D eigenvalue weighted by atomic mass is 9.96. The molecule has 0 radical (unpaired) electrons. The molecule has 0 spiro atoms. The van der Waals surface area contributed by atoms with Crippen LogP contribution in [0.15, 0.2) is 192 Å². The maximum atomic E-state index is 6.68. The second-order valence-electron chi connectivity index (χ2n) is 12.9. The van der Waals surface area contributed by atoms with Gasteiger partial charge in [-0.3, -0.25) is 0 Å². The molecule has 0 aliphatic rings. The van der Waals surface area contributed by atoms with Gasteiger partial charge in [-0.2, -0.15) is 0 Å². The summed E-state index contributed by atoms with van der Waals surface area (Å²) in [5.74, 6) is 0. The molecule has 240 valence electrons. The number of furan rings is 1. The first-order valence-electron chi connectivity index (χ1n) is 17.3. The number of anilines is 3. The number of hydrogen-bond donors (Lipinski definition) is 0. The quantitative estimate of drug-likeness (QED) is 0.175. The maximum Gasteiger partial charge on any atom is 0.159 e. The molecule has 0 bridgehead atoms. The molecule has 10 rings (SSSR count). The van der Waals surface area contributed by atoms with E-state index in [1.807, 2.05) is 17.4 Å². The van der Waals surface area contributed by atoms with Crippen LogP contribution in [0.25, 0.3) is 75.5 Å². The molecule has 2 aromatic heterocycles. The Balaban J connectivity index is 1.24. The smallest absolute Gasteiger partial charge is 0.159 e. The van der Waals surface area contributed by atoms with Crippen LogP contribution in [-0.2, 0) is 0 Å². The van der Waals surface area contributed by atoms with Crippen LogP contribution in [0.2, 0.25) is 0 Å². The molecule has 0 unspecified atom stereocenters. The third-order valence-corrected chi connectivity index (χ3v) is 11.1. The van der Waals surface area contributed by atoms with Gasteiger partial charge in [0, 0.05) is 42.3 Å². The van der Waals surface area contributed by atoms with Crippen LogP contribution >= 0.6 is 11.3 Å². The van der Waals surface area contributed by atoms with E-state index >= 15 is 0 Å². The van der Waals surface area contributed by atoms with Gasteiger partial charge in [0.1, 0.15) is 5.58 Å². The normalized spacial score (nSPS) is 11.5. The number of para-hydroxylation sites is 2. The number of thiophene rings is 1. The Hall–Kier alpha value is -6.42. The third-order valence-electron chi connectivity index (χ3n) is 9.86. The van der Waals surface area contributed by atoms with Gasteiger partial charge in [-0.15, -0.1) is 11.3 Å². The van der Waals surface area contributed by atoms with Gasteiger partial charge < -0.3 is 9.32 Å². The summed E-state index contributed by atoms with van der Waals surface area (Å²) in [6.45, 7) is 0. The summed E-state index contributed by atoms with van der Waals surface area (Å²) in [7, 11) is 0. The van der Waals surface area contributed by atoms with E-state index in [2.05, 4.69) is 187 Å². The van der Waals surface area contributed by atoms with Crippen molar-refractivity contribution < 1.29 is 4.42 Å². The molecule has 0 saturated carbocycles. The summed E-state index contributed by atoms with van der Waals surface area (Å²) in [5.41, 5.74) is 12.0. The van der Waals surface area contributed by atoms with Gasteiger partial charge in [0.05, 0.1) is 5.69 Å². The van der Waals surface area contributed by atoms with Crippen molar-refractivity contribution in [2.75, 3.05) is 4.90 Å². The topological polar surface area (TPSA) is 16.4 Å². The molecule has 0 amide bonds. The largest absolute Gasteiger partial charge is 0.454 e. The van der Waals surface area contributed by atoms with Crippen LogP contribution in [0, 0.1) is 0 Å². The van der Waals surface area contributed by atoms with Crippen molar-refractivity contribution in [3.05, 3.63) is 188 Å². The molecule has 10 aromatic rings. The maximum absolute atomic E-state index is 6.68. The fourth-order valence-electron chi connectivity index (χ4n) is 7.44. The minimum absolute atomic E-state index is 0.865. The highest BCUT2D eigenvalue weighted by atomic mass is 32.1. The van der Waals surface area contributed by atoms with Crippen LogP contribution in [-0.4, -0.2) is 0 Å². The van der Waals surface area contributed by atoms with E-state index < -0.39 is 0 Å². The summed E-state index contributed by atoms with van der Waals surface area (Å²) >= 11 is 1.87. The van der Waals surface area contributed by atoms with Crippen molar-refractivity contribution in [1.29, 1.82) is 0 Å². The van der Waals surface area contributed by atoms with E-state index in [0.717, 1.165) is 44.6 Å². The Bertz CT molecular complexity index is 2850. The molecule has 51 heavy (non-hydrogen) atoms. The lowest BCUT2D eigenvalue weighted by Gasteiger charge is -2.27. The zero-order valence-electron chi connectivity index (χ0n) is 27.7. The third kappa shape index (κ3) is 5.10. The second-order valence-corrected chi connectivity index (χ2v) is 14.0. The minimum atomic E-state index is 0.865. The Labute approximate surface area is 300 Å². The second kappa shape index (κ2) is 12.2. The number of rotatable bonds is 6. The molecular formula is C48H31NOS. The Morgan fingerprint density at radius 2 is 1.00 bits per heavy atom. The summed E-state index contributed by atoms with van der Waals surface area (Å²) < 4.78 is 9.28. The van der Waals surface area contributed by atoms with Crippen molar-refractivity contribution in [1.82, 2.24) is 0 Å². The SMILES string of the molecule is c1ccc(-c2ccc(N(c3cc(-c4ccccc4)cc(-c4cccc5c4sc4ccccc45)c3)c3cccc4c3oc3ccccc34)cc2)cc1. The summed E-state index contributed by atoms with van der Waals surface area (Å²) in [5, 5.41) is 4.81. The van der Waals surface area contributed by atoms with Crippen molar-refractivity contribution in [2.45, 2.75) is 0 Å². The molecule has 3 heteroatoms. The average molecular weight is 670 g/mol. The predicted octanol–water partition coefficient (Wildman–Crippen LogP) is 14.4. The van der Waals surface area contributed by atoms with Gasteiger partial charge in [-0.05, 0) is 81.9 Å². The lowest BCUT2D eigenvalue weighted by Crippen LogP contribution is -2.10.